The van der Waals surface area contributed by atoms with Crippen LogP contribution in [0.15, 0.2) is 18.2 Å². The molecule has 1 aliphatic rings. The van der Waals surface area contributed by atoms with Crippen molar-refractivity contribution >= 4 is 32.4 Å². The minimum Gasteiger partial charge on any atom is -0.478 e. The highest BCUT2D eigenvalue weighted by molar-refractivity contribution is 7.91. The van der Waals surface area contributed by atoms with Gasteiger partial charge in [0.05, 0.1) is 22.8 Å². The summed E-state index contributed by atoms with van der Waals surface area (Å²) in [6, 6.07) is 2.04. The fourth-order valence-electron chi connectivity index (χ4n) is 2.42. The summed E-state index contributed by atoms with van der Waals surface area (Å²) in [5.74, 6) is -2.53. The Morgan fingerprint density at radius 2 is 1.86 bits per heavy atom. The lowest BCUT2D eigenvalue weighted by molar-refractivity contribution is 0.0697. The van der Waals surface area contributed by atoms with E-state index in [1.165, 1.54) is 0 Å². The molecule has 1 aromatic carbocycles. The molecule has 1 N–H and O–H groups in total. The average Bonchev–Trinajstić information content (AvgIpc) is 2.40. The summed E-state index contributed by atoms with van der Waals surface area (Å²) in [5.41, 5.74) is -0.637. The second-order valence-corrected chi connectivity index (χ2v) is 8.14. The van der Waals surface area contributed by atoms with Crippen molar-refractivity contribution in [3.8, 4) is 0 Å². The Morgan fingerprint density at radius 1 is 1.27 bits per heavy atom. The van der Waals surface area contributed by atoms with Gasteiger partial charge in [-0.15, -0.1) is 0 Å². The van der Waals surface area contributed by atoms with E-state index >= 15 is 0 Å². The second kappa shape index (κ2) is 6.21. The van der Waals surface area contributed by atoms with Gasteiger partial charge in [-0.2, -0.15) is 0 Å². The second-order valence-electron chi connectivity index (χ2n) is 4.93. The smallest absolute Gasteiger partial charge is 0.337 e. The van der Waals surface area contributed by atoms with Crippen molar-refractivity contribution in [3.63, 3.8) is 0 Å². The number of aromatic carboxylic acids is 1. The first-order valence-corrected chi connectivity index (χ1v) is 9.33. The van der Waals surface area contributed by atoms with Gasteiger partial charge in [0.1, 0.15) is 15.7 Å². The van der Waals surface area contributed by atoms with Gasteiger partial charge in [0.2, 0.25) is 10.9 Å². The number of carbonyl (C=O) groups is 1. The van der Waals surface area contributed by atoms with Crippen LogP contribution in [0, 0.1) is 5.82 Å². The average molecular weight is 351 g/mol. The number of benzene rings is 1. The molecule has 0 radical (unpaired) electrons. The summed E-state index contributed by atoms with van der Waals surface area (Å²) in [5, 5.41) is 9.13. The van der Waals surface area contributed by atoms with Crippen LogP contribution in [-0.4, -0.2) is 45.5 Å². The van der Waals surface area contributed by atoms with Gasteiger partial charge < -0.3 is 5.11 Å². The number of rotatable bonds is 4. The Kier molecular flexibility index (Phi) is 4.71. The zero-order valence-electron chi connectivity index (χ0n) is 11.3. The molecule has 0 aromatic heterocycles. The number of carboxylic acid groups (broad SMARTS) is 1. The zero-order valence-corrected chi connectivity index (χ0v) is 13.0. The quantitative estimate of drug-likeness (QED) is 0.762. The summed E-state index contributed by atoms with van der Waals surface area (Å²) in [6.45, 7) is 0. The molecule has 0 unspecified atom stereocenters. The largest absolute Gasteiger partial charge is 0.478 e. The number of hydrogen-bond acceptors (Lipinski definition) is 5. The van der Waals surface area contributed by atoms with Crippen LogP contribution in [0.1, 0.15) is 23.2 Å². The predicted molar refractivity (Wildman–Crippen MR) is 77.8 cm³/mol. The number of halogens is 1. The number of carboxylic acids is 1. The molecule has 1 fully saturated rings. The monoisotopic (exact) mass is 351 g/mol. The third kappa shape index (κ3) is 3.55. The van der Waals surface area contributed by atoms with Gasteiger partial charge in [-0.1, -0.05) is 0 Å². The molecule has 1 saturated heterocycles. The maximum atomic E-state index is 13.4. The van der Waals surface area contributed by atoms with Crippen LogP contribution < -0.4 is 4.31 Å². The van der Waals surface area contributed by atoms with E-state index in [1.807, 2.05) is 0 Å². The summed E-state index contributed by atoms with van der Waals surface area (Å²) in [6.07, 6.45) is 0.0858. The van der Waals surface area contributed by atoms with Gasteiger partial charge in [0.25, 0.3) is 0 Å². The molecule has 0 amide bonds. The molecule has 22 heavy (non-hydrogen) atoms. The van der Waals surface area contributed by atoms with Gasteiger partial charge in [0, 0.05) is 6.04 Å². The van der Waals surface area contributed by atoms with Crippen LogP contribution in [0.4, 0.5) is 10.1 Å². The van der Waals surface area contributed by atoms with E-state index < -0.39 is 38.6 Å². The first-order chi connectivity index (χ1) is 10.2. The first-order valence-electron chi connectivity index (χ1n) is 6.38. The van der Waals surface area contributed by atoms with Gasteiger partial charge in [-0.05, 0) is 31.0 Å². The van der Waals surface area contributed by atoms with Gasteiger partial charge in [-0.25, -0.2) is 26.0 Å². The number of sulfone groups is 1. The maximum Gasteiger partial charge on any atom is 0.337 e. The lowest BCUT2D eigenvalue weighted by Crippen LogP contribution is -2.41. The molecule has 10 heteroatoms. The Balaban J connectivity index is 2.46. The summed E-state index contributed by atoms with van der Waals surface area (Å²) in [4.78, 5) is 11.2. The Hall–Kier alpha value is -1.68. The Labute approximate surface area is 128 Å². The number of anilines is 1. The first kappa shape index (κ1) is 16.7. The topological polar surface area (TPSA) is 109 Å². The van der Waals surface area contributed by atoms with Crippen LogP contribution in [0.5, 0.6) is 0 Å². The summed E-state index contributed by atoms with van der Waals surface area (Å²) >= 11 is 0. The lowest BCUT2D eigenvalue weighted by Gasteiger charge is -2.31. The fourth-order valence-corrected chi connectivity index (χ4v) is 4.72. The van der Waals surface area contributed by atoms with Crippen molar-refractivity contribution in [2.24, 2.45) is 0 Å². The van der Waals surface area contributed by atoms with E-state index in [2.05, 4.69) is 0 Å². The normalized spacial score (nSPS) is 18.3. The molecule has 1 aliphatic heterocycles. The molecule has 122 valence electrons. The SMILES string of the molecule is O=C(O)c1ccc(F)cc1N(C1CCS(=O)(=O)CC1)[SH](=O)=O. The third-order valence-electron chi connectivity index (χ3n) is 3.48. The molecule has 0 saturated carbocycles. The van der Waals surface area contributed by atoms with Crippen LogP contribution >= 0.6 is 0 Å². The van der Waals surface area contributed by atoms with Gasteiger partial charge in [-0.3, -0.25) is 4.31 Å². The standard InChI is InChI=1S/C12H14FNO6S2/c13-8-1-2-10(12(15)16)11(7-8)14(21(17)18)9-3-5-22(19,20)6-4-9/h1-2,7,9,21H,3-6H2,(H,15,16). The minimum absolute atomic E-state index is 0.0429. The highest BCUT2D eigenvalue weighted by Crippen LogP contribution is 2.28. The van der Waals surface area contributed by atoms with E-state index in [9.17, 15) is 26.0 Å². The molecular weight excluding hydrogens is 337 g/mol. The molecule has 1 heterocycles. The van der Waals surface area contributed by atoms with Crippen molar-refractivity contribution in [2.45, 2.75) is 18.9 Å². The van der Waals surface area contributed by atoms with Crippen LogP contribution in [0.2, 0.25) is 0 Å². The maximum absolute atomic E-state index is 13.4. The predicted octanol–water partition coefficient (Wildman–Crippen LogP) is 0.434. The van der Waals surface area contributed by atoms with Crippen LogP contribution in [0.25, 0.3) is 0 Å². The molecule has 2 rings (SSSR count). The molecular formula is C12H14FNO6S2. The number of nitrogens with zero attached hydrogens (tertiary/aromatic N) is 1. The number of hydrogen-bond donors (Lipinski definition) is 2. The highest BCUT2D eigenvalue weighted by Gasteiger charge is 2.31. The van der Waals surface area contributed by atoms with E-state index in [1.54, 1.807) is 0 Å². The Bertz CT molecular complexity index is 752. The van der Waals surface area contributed by atoms with E-state index in [4.69, 9.17) is 5.11 Å². The van der Waals surface area contributed by atoms with Gasteiger partial charge >= 0.3 is 5.97 Å². The van der Waals surface area contributed by atoms with Crippen molar-refractivity contribution in [1.29, 1.82) is 0 Å². The van der Waals surface area contributed by atoms with Crippen molar-refractivity contribution in [1.82, 2.24) is 0 Å². The lowest BCUT2D eigenvalue weighted by atomic mass is 10.1. The summed E-state index contributed by atoms with van der Waals surface area (Å²) in [7, 11) is -6.44. The molecule has 0 bridgehead atoms. The Morgan fingerprint density at radius 3 is 2.36 bits per heavy atom. The molecule has 0 atom stereocenters. The highest BCUT2D eigenvalue weighted by atomic mass is 32.2. The molecule has 7 nitrogen and oxygen atoms in total. The van der Waals surface area contributed by atoms with Crippen LogP contribution in [-0.2, 0) is 20.7 Å². The van der Waals surface area contributed by atoms with Crippen LogP contribution in [0.3, 0.4) is 0 Å². The van der Waals surface area contributed by atoms with E-state index in [0.29, 0.717) is 0 Å². The summed E-state index contributed by atoms with van der Waals surface area (Å²) < 4.78 is 60.2. The molecule has 0 spiro atoms. The van der Waals surface area contributed by atoms with Gasteiger partial charge in [0.15, 0.2) is 0 Å². The van der Waals surface area contributed by atoms with Crippen molar-refractivity contribution < 1.29 is 31.1 Å². The fraction of sp³-hybridized carbons (Fsp3) is 0.417. The minimum atomic E-state index is -3.24. The van der Waals surface area contributed by atoms with Crippen molar-refractivity contribution in [2.75, 3.05) is 15.8 Å². The van der Waals surface area contributed by atoms with E-state index in [-0.39, 0.29) is 35.6 Å². The molecule has 0 aliphatic carbocycles. The zero-order chi connectivity index (χ0) is 16.5. The third-order valence-corrected chi connectivity index (χ3v) is 6.09. The van der Waals surface area contributed by atoms with E-state index in [0.717, 1.165) is 22.5 Å². The number of thiol groups is 1. The molecule has 1 aromatic rings. The van der Waals surface area contributed by atoms with Crippen molar-refractivity contribution in [3.05, 3.63) is 29.6 Å².